The van der Waals surface area contributed by atoms with E-state index in [2.05, 4.69) is 5.10 Å². The van der Waals surface area contributed by atoms with Gasteiger partial charge in [-0.15, -0.1) is 0 Å². The second-order valence-corrected chi connectivity index (χ2v) is 4.32. The van der Waals surface area contributed by atoms with Crippen LogP contribution in [0.4, 0.5) is 4.39 Å². The summed E-state index contributed by atoms with van der Waals surface area (Å²) < 4.78 is 14.8. The van der Waals surface area contributed by atoms with Crippen molar-refractivity contribution in [1.29, 1.82) is 0 Å². The van der Waals surface area contributed by atoms with Crippen molar-refractivity contribution in [3.8, 4) is 5.69 Å². The van der Waals surface area contributed by atoms with E-state index in [0.29, 0.717) is 23.2 Å². The molecule has 0 unspecified atom stereocenters. The molecule has 0 fully saturated rings. The van der Waals surface area contributed by atoms with Crippen molar-refractivity contribution in [2.75, 3.05) is 0 Å². The van der Waals surface area contributed by atoms with E-state index in [1.54, 1.807) is 19.9 Å². The number of aryl methyl sites for hydroxylation is 1. The largest absolute Gasteiger partial charge is 0.476 e. The van der Waals surface area contributed by atoms with Crippen LogP contribution in [0, 0.1) is 12.7 Å². The number of carbonyl (C=O) groups is 1. The van der Waals surface area contributed by atoms with Crippen LogP contribution in [0.3, 0.4) is 0 Å². The van der Waals surface area contributed by atoms with Gasteiger partial charge in [0.25, 0.3) is 0 Å². The maximum Gasteiger partial charge on any atom is 0.360 e. The molecule has 5 nitrogen and oxygen atoms in total. The number of hydrogen-bond donors (Lipinski definition) is 1. The van der Waals surface area contributed by atoms with Crippen LogP contribution in [0.2, 0.25) is 0 Å². The molecule has 0 amide bonds. The fraction of sp³-hybridized carbons (Fsp3) is 0.214. The van der Waals surface area contributed by atoms with Gasteiger partial charge in [0, 0.05) is 17.3 Å². The predicted molar refractivity (Wildman–Crippen MR) is 70.9 cm³/mol. The van der Waals surface area contributed by atoms with Crippen LogP contribution in [0.5, 0.6) is 0 Å². The molecular formula is C14H13FN2O3. The zero-order valence-electron chi connectivity index (χ0n) is 11.1. The first-order valence-electron chi connectivity index (χ1n) is 6.07. The zero-order chi connectivity index (χ0) is 14.9. The lowest BCUT2D eigenvalue weighted by molar-refractivity contribution is 0.0686. The average Bonchev–Trinajstić information content (AvgIpc) is 2.42. The number of carboxylic acids is 1. The number of benzene rings is 1. The second kappa shape index (κ2) is 5.24. The Bertz CT molecular complexity index is 738. The van der Waals surface area contributed by atoms with Gasteiger partial charge >= 0.3 is 5.97 Å². The number of aromatic carboxylic acids is 1. The molecule has 0 atom stereocenters. The summed E-state index contributed by atoms with van der Waals surface area (Å²) >= 11 is 0. The van der Waals surface area contributed by atoms with Gasteiger partial charge in [0.1, 0.15) is 5.82 Å². The van der Waals surface area contributed by atoms with Crippen LogP contribution in [-0.4, -0.2) is 20.9 Å². The first-order valence-corrected chi connectivity index (χ1v) is 6.07. The van der Waals surface area contributed by atoms with Crippen molar-refractivity contribution in [3.63, 3.8) is 0 Å². The molecule has 0 saturated heterocycles. The Morgan fingerprint density at radius 1 is 1.45 bits per heavy atom. The number of nitrogens with zero attached hydrogens (tertiary/aromatic N) is 2. The second-order valence-electron chi connectivity index (χ2n) is 4.32. The maximum absolute atomic E-state index is 13.6. The van der Waals surface area contributed by atoms with E-state index in [4.69, 9.17) is 5.11 Å². The lowest BCUT2D eigenvalue weighted by Crippen LogP contribution is -2.24. The summed E-state index contributed by atoms with van der Waals surface area (Å²) in [5, 5.41) is 12.8. The first kappa shape index (κ1) is 13.9. The van der Waals surface area contributed by atoms with Gasteiger partial charge < -0.3 is 5.11 Å². The molecule has 2 aromatic rings. The zero-order valence-corrected chi connectivity index (χ0v) is 11.1. The molecule has 0 aliphatic carbocycles. The third-order valence-corrected chi connectivity index (χ3v) is 3.06. The number of rotatable bonds is 3. The van der Waals surface area contributed by atoms with E-state index in [1.165, 1.54) is 23.0 Å². The van der Waals surface area contributed by atoms with Crippen LogP contribution in [0.15, 0.2) is 29.2 Å². The third-order valence-electron chi connectivity index (χ3n) is 3.06. The first-order chi connectivity index (χ1) is 9.45. The molecule has 0 saturated carbocycles. The molecule has 0 bridgehead atoms. The summed E-state index contributed by atoms with van der Waals surface area (Å²) in [6, 6.07) is 4.42. The highest BCUT2D eigenvalue weighted by atomic mass is 19.1. The van der Waals surface area contributed by atoms with Gasteiger partial charge in [0.05, 0.1) is 5.69 Å². The molecule has 6 heteroatoms. The highest BCUT2D eigenvalue weighted by molar-refractivity contribution is 5.85. The minimum absolute atomic E-state index is 0.320. The highest BCUT2D eigenvalue weighted by Crippen LogP contribution is 2.16. The molecule has 1 N–H and O–H groups in total. The Balaban J connectivity index is 2.75. The summed E-state index contributed by atoms with van der Waals surface area (Å²) in [5.41, 5.74) is -0.108. The minimum Gasteiger partial charge on any atom is -0.476 e. The van der Waals surface area contributed by atoms with E-state index in [-0.39, 0.29) is 0 Å². The molecule has 0 radical (unpaired) electrons. The summed E-state index contributed by atoms with van der Waals surface area (Å²) in [7, 11) is 0. The highest BCUT2D eigenvalue weighted by Gasteiger charge is 2.16. The van der Waals surface area contributed by atoms with E-state index in [0.717, 1.165) is 0 Å². The summed E-state index contributed by atoms with van der Waals surface area (Å²) in [4.78, 5) is 22.9. The van der Waals surface area contributed by atoms with Crippen molar-refractivity contribution in [2.45, 2.75) is 20.3 Å². The average molecular weight is 276 g/mol. The Morgan fingerprint density at radius 3 is 2.75 bits per heavy atom. The van der Waals surface area contributed by atoms with Gasteiger partial charge in [-0.2, -0.15) is 5.10 Å². The van der Waals surface area contributed by atoms with E-state index in [1.807, 2.05) is 0 Å². The van der Waals surface area contributed by atoms with Crippen LogP contribution < -0.4 is 5.43 Å². The number of aromatic nitrogens is 2. The van der Waals surface area contributed by atoms with Gasteiger partial charge in [-0.1, -0.05) is 13.0 Å². The molecule has 0 aliphatic rings. The fourth-order valence-corrected chi connectivity index (χ4v) is 1.90. The topological polar surface area (TPSA) is 72.2 Å². The van der Waals surface area contributed by atoms with Gasteiger partial charge in [-0.3, -0.25) is 4.79 Å². The van der Waals surface area contributed by atoms with Crippen molar-refractivity contribution >= 4 is 5.97 Å². The molecule has 2 rings (SSSR count). The molecule has 1 heterocycles. The van der Waals surface area contributed by atoms with Crippen molar-refractivity contribution in [2.24, 2.45) is 0 Å². The summed E-state index contributed by atoms with van der Waals surface area (Å²) in [6.07, 6.45) is 1.81. The van der Waals surface area contributed by atoms with Crippen LogP contribution in [-0.2, 0) is 6.42 Å². The lowest BCUT2D eigenvalue weighted by atomic mass is 10.1. The minimum atomic E-state index is -1.40. The summed E-state index contributed by atoms with van der Waals surface area (Å²) in [5.74, 6) is -1.81. The smallest absolute Gasteiger partial charge is 0.360 e. The Kier molecular flexibility index (Phi) is 3.65. The Hall–Kier alpha value is -2.50. The monoisotopic (exact) mass is 276 g/mol. The van der Waals surface area contributed by atoms with Gasteiger partial charge in [-0.05, 0) is 25.5 Å². The van der Waals surface area contributed by atoms with Crippen LogP contribution >= 0.6 is 0 Å². The van der Waals surface area contributed by atoms with Crippen molar-refractivity contribution in [1.82, 2.24) is 9.78 Å². The quantitative estimate of drug-likeness (QED) is 0.929. The van der Waals surface area contributed by atoms with Gasteiger partial charge in [0.15, 0.2) is 0 Å². The van der Waals surface area contributed by atoms with E-state index >= 15 is 0 Å². The van der Waals surface area contributed by atoms with Crippen molar-refractivity contribution in [3.05, 3.63) is 57.3 Å². The molecule has 0 spiro atoms. The Labute approximate surface area is 114 Å². The molecule has 1 aromatic heterocycles. The fourth-order valence-electron chi connectivity index (χ4n) is 1.90. The maximum atomic E-state index is 13.6. The normalized spacial score (nSPS) is 10.6. The standard InChI is InChI=1S/C14H13FN2O3/c1-3-9-7-17(16-12(13(9)18)14(19)20)11-6-4-5-10(15)8(11)2/h4-7H,3H2,1-2H3,(H,19,20). The predicted octanol–water partition coefficient (Wildman–Crippen LogP) is 1.94. The number of halogens is 1. The molecule has 0 aliphatic heterocycles. The van der Waals surface area contributed by atoms with E-state index < -0.39 is 22.9 Å². The number of hydrogen-bond acceptors (Lipinski definition) is 3. The van der Waals surface area contributed by atoms with Gasteiger partial charge in [0.2, 0.25) is 11.1 Å². The molecule has 1 aromatic carbocycles. The molecule has 104 valence electrons. The SMILES string of the molecule is CCc1cn(-c2cccc(F)c2C)nc(C(=O)O)c1=O. The third kappa shape index (κ3) is 2.32. The van der Waals surface area contributed by atoms with Gasteiger partial charge in [-0.25, -0.2) is 13.9 Å². The molecular weight excluding hydrogens is 263 g/mol. The Morgan fingerprint density at radius 2 is 2.15 bits per heavy atom. The van der Waals surface area contributed by atoms with Crippen LogP contribution in [0.25, 0.3) is 5.69 Å². The van der Waals surface area contributed by atoms with Crippen molar-refractivity contribution < 1.29 is 14.3 Å². The number of carboxylic acid groups (broad SMARTS) is 1. The summed E-state index contributed by atoms with van der Waals surface area (Å²) in [6.45, 7) is 3.31. The molecule has 20 heavy (non-hydrogen) atoms. The van der Waals surface area contributed by atoms with E-state index in [9.17, 15) is 14.0 Å². The van der Waals surface area contributed by atoms with Crippen LogP contribution in [0.1, 0.15) is 28.5 Å². The lowest BCUT2D eigenvalue weighted by Gasteiger charge is -2.11.